The number of rotatable bonds is 4. The third-order valence-corrected chi connectivity index (χ3v) is 4.28. The molecule has 0 radical (unpaired) electrons. The van der Waals surface area contributed by atoms with Crippen molar-refractivity contribution in [2.45, 2.75) is 27.7 Å². The minimum absolute atomic E-state index is 0.0623. The van der Waals surface area contributed by atoms with E-state index in [0.29, 0.717) is 0 Å². The monoisotopic (exact) mass is 333 g/mol. The minimum atomic E-state index is -0.0623. The lowest BCUT2D eigenvalue weighted by molar-refractivity contribution is -0.114. The van der Waals surface area contributed by atoms with Gasteiger partial charge in [0.1, 0.15) is 0 Å². The summed E-state index contributed by atoms with van der Waals surface area (Å²) in [5, 5.41) is 7.28. The lowest BCUT2D eigenvalue weighted by atomic mass is 10.1. The second kappa shape index (κ2) is 6.93. The number of nitrogens with one attached hydrogen (secondary N) is 2. The van der Waals surface area contributed by atoms with Gasteiger partial charge in [-0.1, -0.05) is 29.3 Å². The van der Waals surface area contributed by atoms with Crippen molar-refractivity contribution in [3.05, 3.63) is 64.8 Å². The van der Waals surface area contributed by atoms with Gasteiger partial charge in [-0.3, -0.25) is 9.78 Å². The molecule has 0 saturated heterocycles. The summed E-state index contributed by atoms with van der Waals surface area (Å²) in [7, 11) is 0. The first kappa shape index (κ1) is 17.0. The molecule has 0 unspecified atom stereocenters. The van der Waals surface area contributed by atoms with Crippen molar-refractivity contribution in [3.63, 3.8) is 0 Å². The number of hydrogen-bond donors (Lipinski definition) is 2. The maximum Gasteiger partial charge on any atom is 0.243 e. The van der Waals surface area contributed by atoms with Gasteiger partial charge in [-0.25, -0.2) is 0 Å². The number of aromatic nitrogens is 1. The topological polar surface area (TPSA) is 54.0 Å². The third kappa shape index (κ3) is 3.79. The fourth-order valence-corrected chi connectivity index (χ4v) is 3.15. The number of benzene rings is 2. The molecule has 2 aromatic carbocycles. The van der Waals surface area contributed by atoms with E-state index in [-0.39, 0.29) is 12.5 Å². The van der Waals surface area contributed by atoms with E-state index in [9.17, 15) is 4.79 Å². The van der Waals surface area contributed by atoms with Gasteiger partial charge in [-0.15, -0.1) is 0 Å². The number of hydrogen-bond acceptors (Lipinski definition) is 3. The second-order valence-electron chi connectivity index (χ2n) is 6.55. The fourth-order valence-electron chi connectivity index (χ4n) is 3.15. The lowest BCUT2D eigenvalue weighted by Crippen LogP contribution is -2.22. The number of pyridine rings is 1. The Morgan fingerprint density at radius 2 is 1.68 bits per heavy atom. The van der Waals surface area contributed by atoms with Gasteiger partial charge in [0.25, 0.3) is 0 Å². The van der Waals surface area contributed by atoms with Crippen LogP contribution in [0.3, 0.4) is 0 Å². The molecule has 0 fully saturated rings. The molecule has 0 aliphatic carbocycles. The van der Waals surface area contributed by atoms with Gasteiger partial charge in [0, 0.05) is 23.0 Å². The Morgan fingerprint density at radius 3 is 2.40 bits per heavy atom. The van der Waals surface area contributed by atoms with Gasteiger partial charge in [0.05, 0.1) is 12.1 Å². The number of nitrogens with zero attached hydrogens (tertiary/aromatic N) is 1. The summed E-state index contributed by atoms with van der Waals surface area (Å²) in [6.07, 6.45) is 1.76. The van der Waals surface area contributed by atoms with Crippen LogP contribution in [0.4, 0.5) is 11.4 Å². The van der Waals surface area contributed by atoms with Crippen LogP contribution in [0.2, 0.25) is 0 Å². The highest BCUT2D eigenvalue weighted by atomic mass is 16.1. The molecule has 4 nitrogen and oxygen atoms in total. The van der Waals surface area contributed by atoms with Gasteiger partial charge >= 0.3 is 0 Å². The zero-order chi connectivity index (χ0) is 18.0. The zero-order valence-electron chi connectivity index (χ0n) is 15.1. The molecule has 3 rings (SSSR count). The Bertz CT molecular complexity index is 924. The van der Waals surface area contributed by atoms with E-state index in [1.165, 1.54) is 11.1 Å². The van der Waals surface area contributed by atoms with E-state index in [0.717, 1.165) is 33.4 Å². The normalized spacial score (nSPS) is 10.7. The molecule has 0 spiro atoms. The van der Waals surface area contributed by atoms with E-state index >= 15 is 0 Å². The van der Waals surface area contributed by atoms with E-state index in [1.54, 1.807) is 6.20 Å². The van der Waals surface area contributed by atoms with Crippen molar-refractivity contribution in [2.24, 2.45) is 0 Å². The fraction of sp³-hybridized carbons (Fsp3) is 0.238. The molecule has 0 aliphatic heterocycles. The maximum absolute atomic E-state index is 12.4. The molecule has 2 N–H and O–H groups in total. The summed E-state index contributed by atoms with van der Waals surface area (Å²) >= 11 is 0. The molecule has 0 saturated carbocycles. The van der Waals surface area contributed by atoms with Crippen LogP contribution >= 0.6 is 0 Å². The van der Waals surface area contributed by atoms with Gasteiger partial charge in [-0.2, -0.15) is 0 Å². The Morgan fingerprint density at radius 1 is 0.960 bits per heavy atom. The van der Waals surface area contributed by atoms with Crippen LogP contribution in [0.1, 0.15) is 22.3 Å². The van der Waals surface area contributed by atoms with Crippen molar-refractivity contribution >= 4 is 28.2 Å². The minimum Gasteiger partial charge on any atom is -0.376 e. The van der Waals surface area contributed by atoms with Gasteiger partial charge < -0.3 is 10.6 Å². The van der Waals surface area contributed by atoms with Crippen molar-refractivity contribution in [3.8, 4) is 0 Å². The Balaban J connectivity index is 1.74. The maximum atomic E-state index is 12.4. The van der Waals surface area contributed by atoms with Crippen LogP contribution in [0, 0.1) is 27.7 Å². The highest BCUT2D eigenvalue weighted by Gasteiger charge is 2.09. The first-order chi connectivity index (χ1) is 11.9. The quantitative estimate of drug-likeness (QED) is 0.738. The molecule has 128 valence electrons. The first-order valence-electron chi connectivity index (χ1n) is 8.41. The van der Waals surface area contributed by atoms with Crippen LogP contribution in [0.5, 0.6) is 0 Å². The predicted octanol–water partition coefficient (Wildman–Crippen LogP) is 4.52. The highest BCUT2D eigenvalue weighted by molar-refractivity contribution is 5.97. The van der Waals surface area contributed by atoms with Gasteiger partial charge in [0.2, 0.25) is 5.91 Å². The number of carbonyl (C=O) groups is 1. The molecule has 0 aliphatic rings. The summed E-state index contributed by atoms with van der Waals surface area (Å²) in [5.74, 6) is -0.0623. The van der Waals surface area contributed by atoms with Crippen LogP contribution in [-0.4, -0.2) is 17.4 Å². The first-order valence-corrected chi connectivity index (χ1v) is 8.41. The number of carbonyl (C=O) groups excluding carboxylic acids is 1. The molecule has 1 amide bonds. The number of fused-ring (bicyclic) bond motifs is 1. The van der Waals surface area contributed by atoms with Crippen molar-refractivity contribution in [2.75, 3.05) is 17.2 Å². The number of amides is 1. The van der Waals surface area contributed by atoms with Crippen molar-refractivity contribution in [1.29, 1.82) is 0 Å². The third-order valence-electron chi connectivity index (χ3n) is 4.28. The Hall–Kier alpha value is -2.88. The molecule has 3 aromatic rings. The molecule has 1 heterocycles. The standard InChI is InChI=1S/C21H23N3O/c1-13-5-6-18-17(11-13)19(7-8-22-18)23-12-20(25)24-21-15(3)9-14(2)10-16(21)4/h5-11H,12H2,1-4H3,(H,22,23)(H,24,25). The van der Waals surface area contributed by atoms with Gasteiger partial charge in [-0.05, 0) is 57.0 Å². The molecule has 0 atom stereocenters. The molecular weight excluding hydrogens is 310 g/mol. The van der Waals surface area contributed by atoms with Crippen molar-refractivity contribution < 1.29 is 4.79 Å². The highest BCUT2D eigenvalue weighted by Crippen LogP contribution is 2.23. The average Bonchev–Trinajstić information content (AvgIpc) is 2.56. The van der Waals surface area contributed by atoms with Crippen LogP contribution in [0.15, 0.2) is 42.6 Å². The van der Waals surface area contributed by atoms with E-state index in [2.05, 4.69) is 40.7 Å². The van der Waals surface area contributed by atoms with Crippen LogP contribution < -0.4 is 10.6 Å². The molecule has 1 aromatic heterocycles. The SMILES string of the molecule is Cc1cc(C)c(NC(=O)CNc2ccnc3ccc(C)cc23)c(C)c1. The Kier molecular flexibility index (Phi) is 4.70. The Labute approximate surface area is 148 Å². The average molecular weight is 333 g/mol. The number of anilines is 2. The molecule has 0 bridgehead atoms. The summed E-state index contributed by atoms with van der Waals surface area (Å²) in [6, 6.07) is 12.2. The summed E-state index contributed by atoms with van der Waals surface area (Å²) in [4.78, 5) is 16.8. The predicted molar refractivity (Wildman–Crippen MR) is 104 cm³/mol. The summed E-state index contributed by atoms with van der Waals surface area (Å²) in [5.41, 5.74) is 7.26. The second-order valence-corrected chi connectivity index (χ2v) is 6.55. The molecular formula is C21H23N3O. The van der Waals surface area contributed by atoms with Crippen molar-refractivity contribution in [1.82, 2.24) is 4.98 Å². The zero-order valence-corrected chi connectivity index (χ0v) is 15.1. The van der Waals surface area contributed by atoms with E-state index in [4.69, 9.17) is 0 Å². The van der Waals surface area contributed by atoms with Crippen LogP contribution in [-0.2, 0) is 4.79 Å². The summed E-state index contributed by atoms with van der Waals surface area (Å²) < 4.78 is 0. The smallest absolute Gasteiger partial charge is 0.243 e. The number of aryl methyl sites for hydroxylation is 4. The van der Waals surface area contributed by atoms with E-state index in [1.807, 2.05) is 39.0 Å². The summed E-state index contributed by atoms with van der Waals surface area (Å²) in [6.45, 7) is 8.35. The largest absolute Gasteiger partial charge is 0.376 e. The van der Waals surface area contributed by atoms with E-state index < -0.39 is 0 Å². The molecule has 25 heavy (non-hydrogen) atoms. The molecule has 4 heteroatoms. The van der Waals surface area contributed by atoms with Gasteiger partial charge in [0.15, 0.2) is 0 Å². The lowest BCUT2D eigenvalue weighted by Gasteiger charge is -2.14. The van der Waals surface area contributed by atoms with Crippen LogP contribution in [0.25, 0.3) is 10.9 Å².